The molecule has 1 aliphatic heterocycles. The number of hydrogen-bond acceptors (Lipinski definition) is 6. The third-order valence-electron chi connectivity index (χ3n) is 3.15. The van der Waals surface area contributed by atoms with E-state index in [1.54, 1.807) is 41.5 Å². The van der Waals surface area contributed by atoms with E-state index in [-0.39, 0.29) is 25.0 Å². The van der Waals surface area contributed by atoms with Gasteiger partial charge in [-0.2, -0.15) is 12.7 Å². The number of nitrogens with one attached hydrogen (secondary N) is 1. The topological polar surface area (TPSA) is 102 Å². The van der Waals surface area contributed by atoms with Crippen LogP contribution in [-0.2, 0) is 24.5 Å². The fourth-order valence-electron chi connectivity index (χ4n) is 2.19. The molecule has 24 heavy (non-hydrogen) atoms. The minimum Gasteiger partial charge on any atom is -0.460 e. The summed E-state index contributed by atoms with van der Waals surface area (Å²) in [6, 6.07) is 0. The number of hydrogen-bond donors (Lipinski definition) is 1. The molecular formula is C15H28N2O6S. The van der Waals surface area contributed by atoms with Gasteiger partial charge in [-0.15, -0.1) is 0 Å². The van der Waals surface area contributed by atoms with Crippen molar-refractivity contribution in [1.29, 1.82) is 0 Å². The van der Waals surface area contributed by atoms with Crippen LogP contribution in [0.15, 0.2) is 0 Å². The van der Waals surface area contributed by atoms with Crippen molar-refractivity contribution >= 4 is 22.3 Å². The normalized spacial score (nSPS) is 18.1. The van der Waals surface area contributed by atoms with E-state index in [4.69, 9.17) is 9.47 Å². The van der Waals surface area contributed by atoms with E-state index in [1.807, 2.05) is 4.72 Å². The van der Waals surface area contributed by atoms with Crippen molar-refractivity contribution in [2.24, 2.45) is 5.92 Å². The van der Waals surface area contributed by atoms with Crippen molar-refractivity contribution in [2.75, 3.05) is 13.1 Å². The minimum atomic E-state index is -3.98. The highest BCUT2D eigenvalue weighted by atomic mass is 32.2. The number of esters is 1. The zero-order valence-electron chi connectivity index (χ0n) is 15.2. The summed E-state index contributed by atoms with van der Waals surface area (Å²) in [7, 11) is -3.98. The van der Waals surface area contributed by atoms with Gasteiger partial charge in [0, 0.05) is 13.1 Å². The van der Waals surface area contributed by atoms with Crippen LogP contribution in [0.25, 0.3) is 0 Å². The molecule has 1 N–H and O–H groups in total. The molecule has 140 valence electrons. The molecule has 1 heterocycles. The summed E-state index contributed by atoms with van der Waals surface area (Å²) >= 11 is 0. The zero-order chi connectivity index (χ0) is 18.8. The molecule has 9 heteroatoms. The van der Waals surface area contributed by atoms with Crippen LogP contribution in [0, 0.1) is 5.92 Å². The second-order valence-corrected chi connectivity index (χ2v) is 9.49. The van der Waals surface area contributed by atoms with Crippen molar-refractivity contribution in [3.63, 3.8) is 0 Å². The molecule has 8 nitrogen and oxygen atoms in total. The molecular weight excluding hydrogens is 336 g/mol. The lowest BCUT2D eigenvalue weighted by Gasteiger charge is -2.31. The fraction of sp³-hybridized carbons (Fsp3) is 0.867. The Balaban J connectivity index is 2.57. The monoisotopic (exact) mass is 364 g/mol. The summed E-state index contributed by atoms with van der Waals surface area (Å²) in [5.41, 5.74) is -1.36. The Kier molecular flexibility index (Phi) is 6.26. The maximum Gasteiger partial charge on any atom is 0.422 e. The van der Waals surface area contributed by atoms with E-state index in [2.05, 4.69) is 0 Å². The van der Waals surface area contributed by atoms with Crippen LogP contribution in [0.3, 0.4) is 0 Å². The van der Waals surface area contributed by atoms with Gasteiger partial charge in [0.15, 0.2) is 0 Å². The highest BCUT2D eigenvalue weighted by Gasteiger charge is 2.34. The number of nitrogens with zero attached hydrogens (tertiary/aromatic N) is 1. The lowest BCUT2D eigenvalue weighted by molar-refractivity contribution is -0.161. The molecule has 0 aromatic heterocycles. The molecule has 1 amide bonds. The molecule has 1 fully saturated rings. The molecule has 1 saturated heterocycles. The highest BCUT2D eigenvalue weighted by Crippen LogP contribution is 2.23. The van der Waals surface area contributed by atoms with Gasteiger partial charge in [0.25, 0.3) is 0 Å². The van der Waals surface area contributed by atoms with Gasteiger partial charge in [-0.1, -0.05) is 0 Å². The van der Waals surface area contributed by atoms with Crippen LogP contribution in [0.1, 0.15) is 54.4 Å². The summed E-state index contributed by atoms with van der Waals surface area (Å²) in [5.74, 6) is -0.656. The summed E-state index contributed by atoms with van der Waals surface area (Å²) in [4.78, 5) is 23.7. The van der Waals surface area contributed by atoms with Crippen molar-refractivity contribution in [3.05, 3.63) is 0 Å². The van der Waals surface area contributed by atoms with Gasteiger partial charge in [0.05, 0.1) is 5.92 Å². The van der Waals surface area contributed by atoms with E-state index in [9.17, 15) is 18.0 Å². The standard InChI is InChI=1S/C15H28N2O6S/c1-14(2,3)22-12(18)11-7-9-17(10-8-11)24(20,21)16-13(19)23-15(4,5)6/h11H,7-10H2,1-6H3,(H,16,19). The highest BCUT2D eigenvalue weighted by molar-refractivity contribution is 7.87. The van der Waals surface area contributed by atoms with Gasteiger partial charge < -0.3 is 9.47 Å². The Labute approximate surface area is 144 Å². The van der Waals surface area contributed by atoms with E-state index in [1.165, 1.54) is 0 Å². The molecule has 0 bridgehead atoms. The van der Waals surface area contributed by atoms with Crippen LogP contribution >= 0.6 is 0 Å². The number of carbonyl (C=O) groups is 2. The van der Waals surface area contributed by atoms with Crippen molar-refractivity contribution in [1.82, 2.24) is 9.03 Å². The van der Waals surface area contributed by atoms with Gasteiger partial charge in [-0.3, -0.25) is 4.79 Å². The van der Waals surface area contributed by atoms with Crippen molar-refractivity contribution < 1.29 is 27.5 Å². The number of piperidine rings is 1. The first-order valence-electron chi connectivity index (χ1n) is 7.93. The molecule has 0 spiro atoms. The largest absolute Gasteiger partial charge is 0.460 e. The maximum atomic E-state index is 12.2. The van der Waals surface area contributed by atoms with Crippen LogP contribution < -0.4 is 4.72 Å². The molecule has 0 unspecified atom stereocenters. The van der Waals surface area contributed by atoms with E-state index in [0.717, 1.165) is 4.31 Å². The zero-order valence-corrected chi connectivity index (χ0v) is 16.0. The Hall–Kier alpha value is -1.35. The predicted octanol–water partition coefficient (Wildman–Crippen LogP) is 1.81. The van der Waals surface area contributed by atoms with E-state index < -0.39 is 27.5 Å². The van der Waals surface area contributed by atoms with Crippen LogP contribution in [-0.4, -0.2) is 49.1 Å². The molecule has 0 atom stereocenters. The van der Waals surface area contributed by atoms with Crippen molar-refractivity contribution in [3.8, 4) is 0 Å². The molecule has 0 aromatic rings. The molecule has 1 aliphatic rings. The van der Waals surface area contributed by atoms with Gasteiger partial charge in [-0.05, 0) is 54.4 Å². The first kappa shape index (κ1) is 20.7. The predicted molar refractivity (Wildman–Crippen MR) is 88.4 cm³/mol. The second-order valence-electron chi connectivity index (χ2n) is 7.82. The first-order valence-corrected chi connectivity index (χ1v) is 9.37. The Morgan fingerprint density at radius 3 is 1.83 bits per heavy atom. The number of ether oxygens (including phenoxy) is 2. The summed E-state index contributed by atoms with van der Waals surface area (Å²) in [6.45, 7) is 10.6. The number of carbonyl (C=O) groups excluding carboxylic acids is 2. The van der Waals surface area contributed by atoms with Crippen molar-refractivity contribution in [2.45, 2.75) is 65.6 Å². The SMILES string of the molecule is CC(C)(C)OC(=O)NS(=O)(=O)N1CCC(C(=O)OC(C)(C)C)CC1. The Morgan fingerprint density at radius 2 is 1.42 bits per heavy atom. The Morgan fingerprint density at radius 1 is 0.958 bits per heavy atom. The minimum absolute atomic E-state index is 0.141. The number of amides is 1. The first-order chi connectivity index (χ1) is 10.7. The van der Waals surface area contributed by atoms with Crippen LogP contribution in [0.2, 0.25) is 0 Å². The molecule has 0 saturated carbocycles. The Bertz CT molecular complexity index is 566. The third kappa shape index (κ3) is 7.04. The maximum absolute atomic E-state index is 12.2. The van der Waals surface area contributed by atoms with Gasteiger partial charge in [-0.25, -0.2) is 9.52 Å². The molecule has 0 aromatic carbocycles. The summed E-state index contributed by atoms with van der Waals surface area (Å²) in [6.07, 6.45) is -0.314. The lowest BCUT2D eigenvalue weighted by atomic mass is 9.98. The summed E-state index contributed by atoms with van der Waals surface area (Å²) in [5, 5.41) is 0. The fourth-order valence-corrected chi connectivity index (χ4v) is 3.26. The lowest BCUT2D eigenvalue weighted by Crippen LogP contribution is -2.49. The average molecular weight is 364 g/mol. The summed E-state index contributed by atoms with van der Waals surface area (Å²) < 4.78 is 37.7. The second kappa shape index (κ2) is 7.26. The smallest absolute Gasteiger partial charge is 0.422 e. The quantitative estimate of drug-likeness (QED) is 0.766. The van der Waals surface area contributed by atoms with Gasteiger partial charge in [0.2, 0.25) is 0 Å². The molecule has 1 rings (SSSR count). The van der Waals surface area contributed by atoms with Crippen LogP contribution in [0.5, 0.6) is 0 Å². The average Bonchev–Trinajstić information content (AvgIpc) is 2.33. The van der Waals surface area contributed by atoms with Gasteiger partial charge >= 0.3 is 22.3 Å². The molecule has 0 radical (unpaired) electrons. The van der Waals surface area contributed by atoms with E-state index in [0.29, 0.717) is 12.8 Å². The number of rotatable bonds is 3. The third-order valence-corrected chi connectivity index (χ3v) is 4.61. The van der Waals surface area contributed by atoms with Crippen LogP contribution in [0.4, 0.5) is 4.79 Å². The van der Waals surface area contributed by atoms with E-state index >= 15 is 0 Å². The molecule has 0 aliphatic carbocycles. The van der Waals surface area contributed by atoms with Gasteiger partial charge in [0.1, 0.15) is 11.2 Å².